The highest BCUT2D eigenvalue weighted by atomic mass is 32.1. The zero-order valence-corrected chi connectivity index (χ0v) is 15.2. The van der Waals surface area contributed by atoms with Gasteiger partial charge in [-0.25, -0.2) is 4.79 Å². The predicted molar refractivity (Wildman–Crippen MR) is 99.6 cm³/mol. The lowest BCUT2D eigenvalue weighted by molar-refractivity contribution is -0.143. The summed E-state index contributed by atoms with van der Waals surface area (Å²) in [5.74, 6) is -0.695. The molecule has 5 nitrogen and oxygen atoms in total. The van der Waals surface area contributed by atoms with Crippen molar-refractivity contribution < 1.29 is 14.3 Å². The third-order valence-corrected chi connectivity index (χ3v) is 5.48. The monoisotopic (exact) mass is 360 g/mol. The number of nitrogens with zero attached hydrogens (tertiary/aromatic N) is 1. The van der Waals surface area contributed by atoms with Gasteiger partial charge in [0.05, 0.1) is 13.2 Å². The average molecular weight is 360 g/mol. The number of nitrogens with one attached hydrogen (secondary N) is 1. The summed E-state index contributed by atoms with van der Waals surface area (Å²) in [6.07, 6.45) is 4.84. The number of fused-ring (bicyclic) bond motifs is 1. The van der Waals surface area contributed by atoms with Crippen LogP contribution in [0.2, 0.25) is 0 Å². The van der Waals surface area contributed by atoms with Crippen LogP contribution in [0.5, 0.6) is 0 Å². The predicted octanol–water partition coefficient (Wildman–Crippen LogP) is 2.92. The first kappa shape index (κ1) is 18.0. The summed E-state index contributed by atoms with van der Waals surface area (Å²) < 4.78 is 4.64. The molecular formula is C19H24N2O3S. The Morgan fingerprint density at radius 2 is 2.04 bits per heavy atom. The number of methoxy groups -OCH3 is 1. The number of carbonyl (C=O) groups is 2. The Balaban J connectivity index is 1.81. The number of thiol groups is 1. The molecule has 6 heteroatoms. The minimum Gasteiger partial charge on any atom is -0.467 e. The number of esters is 1. The first-order chi connectivity index (χ1) is 12.1. The average Bonchev–Trinajstić information content (AvgIpc) is 2.66. The van der Waals surface area contributed by atoms with Crippen LogP contribution in [0.4, 0.5) is 0 Å². The van der Waals surface area contributed by atoms with Crippen molar-refractivity contribution in [3.63, 3.8) is 0 Å². The third kappa shape index (κ3) is 4.06. The Labute approximate surface area is 153 Å². The van der Waals surface area contributed by atoms with Crippen molar-refractivity contribution in [1.29, 1.82) is 0 Å². The second kappa shape index (κ2) is 8.04. The van der Waals surface area contributed by atoms with E-state index in [0.29, 0.717) is 6.42 Å². The molecule has 1 aliphatic heterocycles. The molecule has 1 aromatic carbocycles. The summed E-state index contributed by atoms with van der Waals surface area (Å²) in [5, 5.41) is 1.77. The molecule has 1 saturated carbocycles. The number of hydrogen-bond donors (Lipinski definition) is 2. The lowest BCUT2D eigenvalue weighted by atomic mass is 9.72. The molecule has 3 unspecified atom stereocenters. The van der Waals surface area contributed by atoms with Gasteiger partial charge in [0.2, 0.25) is 5.91 Å². The van der Waals surface area contributed by atoms with Gasteiger partial charge in [-0.1, -0.05) is 36.8 Å². The maximum Gasteiger partial charge on any atom is 0.338 e. The number of hydrogen-bond acceptors (Lipinski definition) is 5. The van der Waals surface area contributed by atoms with E-state index in [1.807, 2.05) is 18.2 Å². The van der Waals surface area contributed by atoms with Crippen molar-refractivity contribution in [2.24, 2.45) is 16.8 Å². The highest BCUT2D eigenvalue weighted by Crippen LogP contribution is 2.40. The van der Waals surface area contributed by atoms with Gasteiger partial charge in [-0.2, -0.15) is 0 Å². The maximum absolute atomic E-state index is 12.8. The van der Waals surface area contributed by atoms with Crippen LogP contribution in [0.25, 0.3) is 0 Å². The van der Waals surface area contributed by atoms with Gasteiger partial charge in [0.25, 0.3) is 0 Å². The Bertz CT molecular complexity index is 662. The summed E-state index contributed by atoms with van der Waals surface area (Å²) in [6, 6.07) is 10.1. The van der Waals surface area contributed by atoms with Crippen LogP contribution in [-0.2, 0) is 14.3 Å². The van der Waals surface area contributed by atoms with Crippen molar-refractivity contribution in [1.82, 2.24) is 5.32 Å². The lowest BCUT2D eigenvalue weighted by Crippen LogP contribution is -2.46. The fourth-order valence-electron chi connectivity index (χ4n) is 3.86. The molecule has 1 N–H and O–H groups in total. The van der Waals surface area contributed by atoms with Gasteiger partial charge < -0.3 is 10.1 Å². The SMILES string of the molecule is COC(=O)[C@@H](S)NC(=O)C1CC(c2ccccc2)N=C2CCCCC21. The molecule has 0 saturated heterocycles. The van der Waals surface area contributed by atoms with Crippen molar-refractivity contribution in [2.75, 3.05) is 7.11 Å². The van der Waals surface area contributed by atoms with E-state index < -0.39 is 11.3 Å². The summed E-state index contributed by atoms with van der Waals surface area (Å²) >= 11 is 4.14. The van der Waals surface area contributed by atoms with Crippen LogP contribution >= 0.6 is 12.6 Å². The van der Waals surface area contributed by atoms with Gasteiger partial charge in [0.1, 0.15) is 0 Å². The van der Waals surface area contributed by atoms with Gasteiger partial charge in [0, 0.05) is 17.5 Å². The molecule has 25 heavy (non-hydrogen) atoms. The molecule has 4 atom stereocenters. The van der Waals surface area contributed by atoms with Crippen molar-refractivity contribution >= 4 is 30.2 Å². The zero-order valence-electron chi connectivity index (χ0n) is 14.4. The quantitative estimate of drug-likeness (QED) is 0.493. The van der Waals surface area contributed by atoms with E-state index in [-0.39, 0.29) is 23.8 Å². The van der Waals surface area contributed by atoms with Crippen LogP contribution < -0.4 is 5.32 Å². The first-order valence-corrected chi connectivity index (χ1v) is 9.29. The fraction of sp³-hybridized carbons (Fsp3) is 0.526. The Hall–Kier alpha value is -1.82. The van der Waals surface area contributed by atoms with E-state index in [0.717, 1.165) is 37.0 Å². The molecule has 0 radical (unpaired) electrons. The van der Waals surface area contributed by atoms with Gasteiger partial charge in [0.15, 0.2) is 5.37 Å². The number of amides is 1. The molecule has 3 rings (SSSR count). The highest BCUT2D eigenvalue weighted by molar-refractivity contribution is 7.81. The number of carbonyl (C=O) groups excluding carboxylic acids is 2. The van der Waals surface area contributed by atoms with Crippen LogP contribution in [-0.4, -0.2) is 30.1 Å². The molecule has 0 aromatic heterocycles. The normalized spacial score (nSPS) is 26.8. The highest BCUT2D eigenvalue weighted by Gasteiger charge is 2.39. The van der Waals surface area contributed by atoms with Crippen molar-refractivity contribution in [3.05, 3.63) is 35.9 Å². The first-order valence-electron chi connectivity index (χ1n) is 8.78. The Morgan fingerprint density at radius 3 is 2.76 bits per heavy atom. The Morgan fingerprint density at radius 1 is 1.28 bits per heavy atom. The van der Waals surface area contributed by atoms with E-state index in [4.69, 9.17) is 4.99 Å². The van der Waals surface area contributed by atoms with Crippen LogP contribution in [0, 0.1) is 11.8 Å². The van der Waals surface area contributed by atoms with Gasteiger partial charge in [-0.05, 0) is 31.2 Å². The van der Waals surface area contributed by atoms with Gasteiger partial charge in [-0.3, -0.25) is 9.79 Å². The minimum atomic E-state index is -0.932. The van der Waals surface area contributed by atoms with Crippen LogP contribution in [0.15, 0.2) is 35.3 Å². The van der Waals surface area contributed by atoms with Gasteiger partial charge >= 0.3 is 5.97 Å². The second-order valence-corrected chi connectivity index (χ2v) is 7.19. The van der Waals surface area contributed by atoms with Crippen molar-refractivity contribution in [2.45, 2.75) is 43.5 Å². The smallest absolute Gasteiger partial charge is 0.338 e. The number of aliphatic imine (C=N–C) groups is 1. The molecule has 0 spiro atoms. The number of ether oxygens (including phenoxy) is 1. The summed E-state index contributed by atoms with van der Waals surface area (Å²) in [4.78, 5) is 29.4. The molecule has 0 bridgehead atoms. The summed E-state index contributed by atoms with van der Waals surface area (Å²) in [7, 11) is 1.29. The molecule has 1 amide bonds. The largest absolute Gasteiger partial charge is 0.467 e. The number of benzene rings is 1. The van der Waals surface area contributed by atoms with E-state index in [2.05, 4.69) is 34.8 Å². The second-order valence-electron chi connectivity index (χ2n) is 6.68. The number of rotatable bonds is 4. The molecular weight excluding hydrogens is 336 g/mol. The molecule has 2 aliphatic rings. The summed E-state index contributed by atoms with van der Waals surface area (Å²) in [5.41, 5.74) is 2.28. The molecule has 1 aliphatic carbocycles. The maximum atomic E-state index is 12.8. The van der Waals surface area contributed by atoms with Crippen molar-refractivity contribution in [3.8, 4) is 0 Å². The standard InChI is InChI=1S/C19H24N2O3S/c1-24-19(23)18(25)21-17(22)14-11-16(12-7-3-2-4-8-12)20-15-10-6-5-9-13(14)15/h2-4,7-8,13-14,16,18,25H,5-6,9-11H2,1H3,(H,21,22)/t13?,14?,16?,18-/m1/s1. The molecule has 1 fully saturated rings. The topological polar surface area (TPSA) is 67.8 Å². The third-order valence-electron chi connectivity index (χ3n) is 5.14. The minimum absolute atomic E-state index is 0.00204. The van der Waals surface area contributed by atoms with E-state index in [1.54, 1.807) is 0 Å². The molecule has 1 aromatic rings. The fourth-order valence-corrected chi connectivity index (χ4v) is 4.09. The molecule has 1 heterocycles. The molecule has 134 valence electrons. The summed E-state index contributed by atoms with van der Waals surface area (Å²) in [6.45, 7) is 0. The Kier molecular flexibility index (Phi) is 5.78. The van der Waals surface area contributed by atoms with Crippen LogP contribution in [0.1, 0.15) is 43.7 Å². The van der Waals surface area contributed by atoms with Gasteiger partial charge in [-0.15, -0.1) is 12.6 Å². The van der Waals surface area contributed by atoms with E-state index in [1.165, 1.54) is 7.11 Å². The lowest BCUT2D eigenvalue weighted by Gasteiger charge is -2.37. The van der Waals surface area contributed by atoms with Crippen LogP contribution in [0.3, 0.4) is 0 Å². The zero-order chi connectivity index (χ0) is 17.8. The van der Waals surface area contributed by atoms with E-state index >= 15 is 0 Å². The van der Waals surface area contributed by atoms with E-state index in [9.17, 15) is 9.59 Å².